The van der Waals surface area contributed by atoms with Gasteiger partial charge in [0.05, 0.1) is 5.16 Å². The maximum Gasteiger partial charge on any atom is 0.284 e. The largest absolute Gasteiger partial charge is 0.328 e. The van der Waals surface area contributed by atoms with Crippen LogP contribution in [-0.4, -0.2) is 31.3 Å². The van der Waals surface area contributed by atoms with Crippen LogP contribution in [0.15, 0.2) is 39.6 Å². The Morgan fingerprint density at radius 2 is 1.12 bits per heavy atom. The third kappa shape index (κ3) is 8.17. The van der Waals surface area contributed by atoms with Crippen LogP contribution in [0.1, 0.15) is 104 Å². The molecule has 1 aromatic rings. The highest BCUT2D eigenvalue weighted by molar-refractivity contribution is 8.50. The molecule has 1 aromatic carbocycles. The van der Waals surface area contributed by atoms with E-state index in [-0.39, 0.29) is 0 Å². The standard InChI is InChI=1S/C25H46NO3PS2/c1-3-5-7-9-11-13-18-22-32(26-24-31,30(27,28)29,25-20-16-15-17-21-25)23-19-14-12-10-8-6-4-2/h15-17,20-21,27-29H,3-14,18-19,22-23H2,1-2H3. The molecule has 0 saturated carbocycles. The molecule has 0 saturated heterocycles. The van der Waals surface area contributed by atoms with Crippen LogP contribution in [0.3, 0.4) is 0 Å². The highest BCUT2D eigenvalue weighted by Crippen LogP contribution is 2.61. The lowest BCUT2D eigenvalue weighted by molar-refractivity contribution is 0.361. The molecule has 0 fully saturated rings. The predicted molar refractivity (Wildman–Crippen MR) is 146 cm³/mol. The van der Waals surface area contributed by atoms with Gasteiger partial charge in [0.2, 0.25) is 0 Å². The Bertz CT molecular complexity index is 755. The Morgan fingerprint density at radius 1 is 0.719 bits per heavy atom. The van der Waals surface area contributed by atoms with E-state index in [1.165, 1.54) is 51.4 Å². The molecule has 0 radical (unpaired) electrons. The van der Waals surface area contributed by atoms with Crippen molar-refractivity contribution in [2.75, 3.05) is 11.5 Å². The number of thiocarbonyl (C=S) groups is 1. The smallest absolute Gasteiger partial charge is 0.284 e. The van der Waals surface area contributed by atoms with Crippen LogP contribution >= 0.6 is 18.9 Å². The number of hydrogen-bond donors (Lipinski definition) is 3. The van der Waals surface area contributed by atoms with Crippen LogP contribution in [0.5, 0.6) is 0 Å². The van der Waals surface area contributed by atoms with Crippen molar-refractivity contribution in [3.63, 3.8) is 0 Å². The first-order chi connectivity index (χ1) is 15.4. The van der Waals surface area contributed by atoms with Gasteiger partial charge in [-0.3, -0.25) is 0 Å². The van der Waals surface area contributed by atoms with Crippen LogP contribution in [0.4, 0.5) is 0 Å². The lowest BCUT2D eigenvalue weighted by Crippen LogP contribution is -2.39. The second-order valence-electron chi connectivity index (χ2n) is 8.93. The molecule has 3 N–H and O–H groups in total. The van der Waals surface area contributed by atoms with E-state index >= 15 is 0 Å². The summed E-state index contributed by atoms with van der Waals surface area (Å²) in [6.45, 7) is 0.0754. The van der Waals surface area contributed by atoms with E-state index in [1.807, 2.05) is 30.3 Å². The molecule has 0 amide bonds. The van der Waals surface area contributed by atoms with Crippen LogP contribution in [0.25, 0.3) is 0 Å². The van der Waals surface area contributed by atoms with Gasteiger partial charge in [-0.1, -0.05) is 118 Å². The zero-order valence-electron chi connectivity index (χ0n) is 20.3. The van der Waals surface area contributed by atoms with E-state index in [0.717, 1.165) is 43.4 Å². The van der Waals surface area contributed by atoms with Crippen molar-refractivity contribution in [1.29, 1.82) is 0 Å². The van der Waals surface area contributed by atoms with Gasteiger partial charge >= 0.3 is 0 Å². The molecule has 4 nitrogen and oxygen atoms in total. The van der Waals surface area contributed by atoms with E-state index < -0.39 is 15.2 Å². The highest BCUT2D eigenvalue weighted by atomic mass is 32.6. The minimum Gasteiger partial charge on any atom is -0.328 e. The number of isothiocyanates is 1. The van der Waals surface area contributed by atoms with E-state index in [0.29, 0.717) is 11.5 Å². The fraction of sp³-hybridized carbons (Fsp3) is 0.720. The molecular weight excluding hydrogens is 457 g/mol. The molecule has 32 heavy (non-hydrogen) atoms. The Morgan fingerprint density at radius 3 is 1.50 bits per heavy atom. The van der Waals surface area contributed by atoms with Crippen LogP contribution < -0.4 is 0 Å². The van der Waals surface area contributed by atoms with Crippen molar-refractivity contribution < 1.29 is 14.7 Å². The number of nitrogens with zero attached hydrogens (tertiary/aromatic N) is 1. The molecule has 0 atom stereocenters. The first-order valence-electron chi connectivity index (χ1n) is 12.5. The van der Waals surface area contributed by atoms with Gasteiger partial charge in [-0.15, -0.1) is 0 Å². The van der Waals surface area contributed by atoms with E-state index in [4.69, 9.17) is 12.2 Å². The second kappa shape index (κ2) is 15.6. The molecule has 0 aromatic heterocycles. The van der Waals surface area contributed by atoms with Crippen molar-refractivity contribution in [3.8, 4) is 0 Å². The van der Waals surface area contributed by atoms with Gasteiger partial charge in [0, 0.05) is 16.4 Å². The third-order valence-electron chi connectivity index (χ3n) is 6.47. The Hall–Kier alpha value is -0.320. The van der Waals surface area contributed by atoms with Gasteiger partial charge in [-0.05, 0) is 37.2 Å². The topological polar surface area (TPSA) is 73.1 Å². The van der Waals surface area contributed by atoms with Crippen molar-refractivity contribution >= 4 is 32.6 Å². The normalized spacial score (nSPS) is 13.3. The van der Waals surface area contributed by atoms with Crippen molar-refractivity contribution in [2.24, 2.45) is 4.40 Å². The summed E-state index contributed by atoms with van der Waals surface area (Å²) in [5, 5.41) is 2.50. The Balaban J connectivity index is 3.17. The molecule has 0 aliphatic carbocycles. The Kier molecular flexibility index (Phi) is 14.4. The fourth-order valence-corrected chi connectivity index (χ4v) is 13.5. The molecule has 0 aliphatic heterocycles. The fourth-order valence-electron chi connectivity index (χ4n) is 4.47. The predicted octanol–water partition coefficient (Wildman–Crippen LogP) is 7.91. The molecule has 186 valence electrons. The van der Waals surface area contributed by atoms with Crippen molar-refractivity contribution in [1.82, 2.24) is 0 Å². The van der Waals surface area contributed by atoms with Gasteiger partial charge in [0.1, 0.15) is 0 Å². The zero-order valence-corrected chi connectivity index (χ0v) is 22.8. The lowest BCUT2D eigenvalue weighted by atomic mass is 10.1. The third-order valence-corrected chi connectivity index (χ3v) is 17.5. The quantitative estimate of drug-likeness (QED) is 0.0823. The highest BCUT2D eigenvalue weighted by Gasteiger charge is 2.44. The average molecular weight is 504 g/mol. The second-order valence-corrected chi connectivity index (χ2v) is 18.2. The van der Waals surface area contributed by atoms with Gasteiger partial charge in [0.15, 0.2) is 0 Å². The van der Waals surface area contributed by atoms with Crippen LogP contribution in [-0.2, 0) is 8.53 Å². The van der Waals surface area contributed by atoms with Gasteiger partial charge in [-0.2, -0.15) is 4.40 Å². The maximum absolute atomic E-state index is 11.0. The number of benzene rings is 1. The molecule has 0 aliphatic rings. The molecule has 0 bridgehead atoms. The van der Waals surface area contributed by atoms with Crippen molar-refractivity contribution in [3.05, 3.63) is 30.3 Å². The Labute approximate surface area is 201 Å². The summed E-state index contributed by atoms with van der Waals surface area (Å²) in [6.07, 6.45) is 15.6. The molecule has 0 spiro atoms. The summed E-state index contributed by atoms with van der Waals surface area (Å²) < 4.78 is 4.60. The van der Waals surface area contributed by atoms with Gasteiger partial charge < -0.3 is 14.7 Å². The molecule has 0 unspecified atom stereocenters. The summed E-state index contributed by atoms with van der Waals surface area (Å²) >= 11 is 5.03. The van der Waals surface area contributed by atoms with Gasteiger partial charge in [-0.25, -0.2) is 0 Å². The number of unbranched alkanes of at least 4 members (excludes halogenated alkanes) is 12. The lowest BCUT2D eigenvalue weighted by Gasteiger charge is -2.48. The average Bonchev–Trinajstić information content (AvgIpc) is 2.77. The molecule has 1 rings (SSSR count). The van der Waals surface area contributed by atoms with E-state index in [1.54, 1.807) is 0 Å². The molecule has 0 heterocycles. The summed E-state index contributed by atoms with van der Waals surface area (Å²) in [5.41, 5.74) is 0. The van der Waals surface area contributed by atoms with Crippen LogP contribution in [0.2, 0.25) is 0 Å². The SMILES string of the molecule is CCCCCCCCCS(CCCCCCCCC)(N=C=S)(c1ccccc1)=P(O)(O)O. The van der Waals surface area contributed by atoms with Crippen LogP contribution in [0, 0.1) is 0 Å². The summed E-state index contributed by atoms with van der Waals surface area (Å²) in [4.78, 5) is 33.7. The molecular formula is C25H46NO3PS2. The number of rotatable bonds is 18. The zero-order chi connectivity index (χ0) is 23.8. The van der Waals surface area contributed by atoms with E-state index in [9.17, 15) is 14.7 Å². The maximum atomic E-state index is 11.0. The van der Waals surface area contributed by atoms with Gasteiger partial charge in [0.25, 0.3) is 6.72 Å². The number of hydrogen-bond acceptors (Lipinski definition) is 1. The first kappa shape index (κ1) is 29.7. The monoisotopic (exact) mass is 503 g/mol. The minimum absolute atomic E-state index is 0.464. The van der Waals surface area contributed by atoms with Crippen molar-refractivity contribution in [2.45, 2.75) is 109 Å². The van der Waals surface area contributed by atoms with E-state index in [2.05, 4.69) is 23.4 Å². The summed E-state index contributed by atoms with van der Waals surface area (Å²) in [5.74, 6) is 0.928. The first-order valence-corrected chi connectivity index (χ1v) is 17.5. The molecule has 7 heteroatoms. The summed E-state index contributed by atoms with van der Waals surface area (Å²) in [6, 6.07) is 9.44. The minimum atomic E-state index is -4.35. The summed E-state index contributed by atoms with van der Waals surface area (Å²) in [7, 11) is -3.56.